The summed E-state index contributed by atoms with van der Waals surface area (Å²) in [5, 5.41) is 0.736. The number of hydrogen-bond acceptors (Lipinski definition) is 7. The Bertz CT molecular complexity index is 912. The minimum Gasteiger partial charge on any atom is -0.322 e. The summed E-state index contributed by atoms with van der Waals surface area (Å²) in [6.45, 7) is 0.343. The molecule has 11 nitrogen and oxygen atoms in total. The van der Waals surface area contributed by atoms with E-state index in [1.54, 1.807) is 0 Å². The molecule has 2 heterocycles. The largest absolute Gasteiger partial charge is 0.418 e. The fraction of sp³-hybridized carbons (Fsp3) is 0.529. The lowest BCUT2D eigenvalue weighted by Gasteiger charge is -2.50. The van der Waals surface area contributed by atoms with Gasteiger partial charge in [0.25, 0.3) is 0 Å². The molecule has 4 unspecified atom stereocenters. The number of amides is 3. The zero-order valence-corrected chi connectivity index (χ0v) is 16.2. The molecule has 4 N–H and O–H groups in total. The molecular weight excluding hydrogens is 404 g/mol. The number of nitrogens with zero attached hydrogens (tertiary/aromatic N) is 2. The number of urea groups is 1. The van der Waals surface area contributed by atoms with Crippen molar-refractivity contribution in [2.45, 2.75) is 36.9 Å². The van der Waals surface area contributed by atoms with Crippen LogP contribution in [0.15, 0.2) is 30.3 Å². The third kappa shape index (κ3) is 3.57. The highest BCUT2D eigenvalue weighted by Crippen LogP contribution is 2.57. The Hall–Kier alpha value is -2.25. The molecule has 2 aliphatic heterocycles. The second-order valence-corrected chi connectivity index (χ2v) is 8.59. The van der Waals surface area contributed by atoms with Gasteiger partial charge in [-0.15, -0.1) is 4.28 Å². The molecule has 1 spiro atoms. The highest BCUT2D eigenvalue weighted by atomic mass is 32.3. The number of nitrogens with one attached hydrogen (secondary N) is 1. The number of hydrogen-bond donors (Lipinski definition) is 3. The number of fused-ring (bicyclic) bond motifs is 1. The number of carbonyl (C=O) groups excluding carboxylic acids is 2. The van der Waals surface area contributed by atoms with Crippen molar-refractivity contribution in [1.82, 2.24) is 15.4 Å². The van der Waals surface area contributed by atoms with E-state index in [1.165, 1.54) is 4.90 Å². The average Bonchev–Trinajstić information content (AvgIpc) is 3.04. The van der Waals surface area contributed by atoms with Crippen LogP contribution in [0.3, 0.4) is 0 Å². The molecule has 1 aliphatic carbocycles. The first kappa shape index (κ1) is 20.0. The third-order valence-electron chi connectivity index (χ3n) is 5.95. The van der Waals surface area contributed by atoms with E-state index in [2.05, 4.69) is 9.76 Å². The summed E-state index contributed by atoms with van der Waals surface area (Å²) in [5.74, 6) is -0.529. The van der Waals surface area contributed by atoms with E-state index in [9.17, 15) is 18.0 Å². The molecule has 0 radical (unpaired) electrons. The quantitative estimate of drug-likeness (QED) is 0.392. The van der Waals surface area contributed by atoms with Gasteiger partial charge in [-0.25, -0.2) is 10.3 Å². The van der Waals surface area contributed by atoms with Crippen molar-refractivity contribution < 1.29 is 31.7 Å². The number of rotatable bonds is 8. The van der Waals surface area contributed by atoms with Gasteiger partial charge in [-0.05, 0) is 18.4 Å². The van der Waals surface area contributed by atoms with Crippen LogP contribution in [0.5, 0.6) is 0 Å². The normalized spacial score (nSPS) is 28.8. The minimum absolute atomic E-state index is 0.0123. The van der Waals surface area contributed by atoms with Gasteiger partial charge in [0.1, 0.15) is 0 Å². The first-order chi connectivity index (χ1) is 13.7. The molecule has 158 valence electrons. The van der Waals surface area contributed by atoms with E-state index < -0.39 is 33.9 Å². The lowest BCUT2D eigenvalue weighted by Crippen LogP contribution is -2.64. The predicted octanol–water partition coefficient (Wildman–Crippen LogP) is 0.127. The van der Waals surface area contributed by atoms with E-state index in [-0.39, 0.29) is 31.5 Å². The first-order valence-corrected chi connectivity index (χ1v) is 10.6. The number of carbonyl (C=O) groups is 2. The second kappa shape index (κ2) is 7.22. The van der Waals surface area contributed by atoms with E-state index in [0.29, 0.717) is 12.8 Å². The summed E-state index contributed by atoms with van der Waals surface area (Å²) in [5.41, 5.74) is 8.41. The maximum Gasteiger partial charge on any atom is 0.418 e. The van der Waals surface area contributed by atoms with E-state index in [1.807, 2.05) is 30.3 Å². The fourth-order valence-electron chi connectivity index (χ4n) is 4.55. The lowest BCUT2D eigenvalue weighted by atomic mass is 9.65. The molecule has 1 saturated carbocycles. The van der Waals surface area contributed by atoms with E-state index in [0.717, 1.165) is 10.6 Å². The SMILES string of the molecule is NC(CONC(=O)CC1C2CCC23CN1C(=O)N3OS(=O)(=O)O)c1ccccc1. The molecule has 3 amide bonds. The van der Waals surface area contributed by atoms with Crippen molar-refractivity contribution in [3.05, 3.63) is 35.9 Å². The van der Waals surface area contributed by atoms with Crippen LogP contribution in [-0.4, -0.2) is 59.6 Å². The van der Waals surface area contributed by atoms with Gasteiger partial charge in [0, 0.05) is 24.9 Å². The Kier molecular flexibility index (Phi) is 4.99. The monoisotopic (exact) mass is 426 g/mol. The molecule has 3 fully saturated rings. The van der Waals surface area contributed by atoms with Crippen LogP contribution in [0.1, 0.15) is 30.9 Å². The van der Waals surface area contributed by atoms with Gasteiger partial charge in [0.05, 0.1) is 18.2 Å². The van der Waals surface area contributed by atoms with Gasteiger partial charge in [-0.3, -0.25) is 14.2 Å². The topological polar surface area (TPSA) is 151 Å². The van der Waals surface area contributed by atoms with Crippen molar-refractivity contribution in [1.29, 1.82) is 0 Å². The van der Waals surface area contributed by atoms with Crippen molar-refractivity contribution in [3.8, 4) is 0 Å². The lowest BCUT2D eigenvalue weighted by molar-refractivity contribution is -0.153. The maximum absolute atomic E-state index is 12.5. The second-order valence-electron chi connectivity index (χ2n) is 7.58. The van der Waals surface area contributed by atoms with Crippen LogP contribution >= 0.6 is 0 Å². The highest BCUT2D eigenvalue weighted by molar-refractivity contribution is 7.80. The third-order valence-corrected chi connectivity index (χ3v) is 6.29. The van der Waals surface area contributed by atoms with Crippen LogP contribution in [0.25, 0.3) is 0 Å². The van der Waals surface area contributed by atoms with Gasteiger partial charge in [-0.1, -0.05) is 30.3 Å². The summed E-state index contributed by atoms with van der Waals surface area (Å²) >= 11 is 0. The Morgan fingerprint density at radius 2 is 2.10 bits per heavy atom. The van der Waals surface area contributed by atoms with Gasteiger partial charge in [-0.2, -0.15) is 13.5 Å². The Morgan fingerprint density at radius 1 is 1.38 bits per heavy atom. The molecular formula is C17H22N4O7S. The molecule has 2 saturated heterocycles. The van der Waals surface area contributed by atoms with Crippen LogP contribution in [0.4, 0.5) is 4.79 Å². The molecule has 3 aliphatic rings. The van der Waals surface area contributed by atoms with Gasteiger partial charge < -0.3 is 10.6 Å². The zero-order chi connectivity index (χ0) is 20.8. The van der Waals surface area contributed by atoms with Crippen molar-refractivity contribution in [2.24, 2.45) is 11.7 Å². The molecule has 1 aromatic carbocycles. The highest BCUT2D eigenvalue weighted by Gasteiger charge is 2.71. The van der Waals surface area contributed by atoms with Crippen molar-refractivity contribution in [2.75, 3.05) is 13.2 Å². The Labute approximate surface area is 167 Å². The number of hydroxylamine groups is 3. The molecule has 12 heteroatoms. The smallest absolute Gasteiger partial charge is 0.322 e. The summed E-state index contributed by atoms with van der Waals surface area (Å²) in [4.78, 5) is 31.4. The predicted molar refractivity (Wildman–Crippen MR) is 97.9 cm³/mol. The van der Waals surface area contributed by atoms with E-state index >= 15 is 0 Å². The van der Waals surface area contributed by atoms with Crippen LogP contribution in [0, 0.1) is 5.92 Å². The standard InChI is InChI=1S/C17H22N4O7S/c18-13(11-4-2-1-3-5-11)9-27-19-15(22)8-14-12-6-7-17(12)10-20(14)16(23)21(17)28-29(24,25)26/h1-5,12-14H,6-10,18H2,(H,19,22)(H,24,25,26). The van der Waals surface area contributed by atoms with Crippen molar-refractivity contribution in [3.63, 3.8) is 0 Å². The van der Waals surface area contributed by atoms with Crippen LogP contribution < -0.4 is 11.2 Å². The van der Waals surface area contributed by atoms with Gasteiger partial charge in [0.2, 0.25) is 5.91 Å². The van der Waals surface area contributed by atoms with Crippen LogP contribution in [-0.2, 0) is 24.3 Å². The molecule has 4 rings (SSSR count). The molecule has 0 aromatic heterocycles. The van der Waals surface area contributed by atoms with Crippen LogP contribution in [0.2, 0.25) is 0 Å². The Morgan fingerprint density at radius 3 is 2.72 bits per heavy atom. The summed E-state index contributed by atoms with van der Waals surface area (Å²) < 4.78 is 35.5. The summed E-state index contributed by atoms with van der Waals surface area (Å²) in [6.07, 6.45) is 1.27. The molecule has 1 aromatic rings. The fourth-order valence-corrected chi connectivity index (χ4v) is 4.95. The summed E-state index contributed by atoms with van der Waals surface area (Å²) in [6, 6.07) is 7.86. The zero-order valence-electron chi connectivity index (χ0n) is 15.4. The Balaban J connectivity index is 1.31. The molecule has 29 heavy (non-hydrogen) atoms. The maximum atomic E-state index is 12.5. The van der Waals surface area contributed by atoms with Crippen molar-refractivity contribution >= 4 is 22.3 Å². The first-order valence-electron chi connectivity index (χ1n) is 9.20. The van der Waals surface area contributed by atoms with Gasteiger partial charge >= 0.3 is 16.4 Å². The number of benzene rings is 1. The minimum atomic E-state index is -4.81. The molecule has 2 bridgehead atoms. The summed E-state index contributed by atoms with van der Waals surface area (Å²) in [7, 11) is -4.81. The van der Waals surface area contributed by atoms with E-state index in [4.69, 9.17) is 15.1 Å². The molecule has 4 atom stereocenters. The average molecular weight is 426 g/mol. The number of nitrogens with two attached hydrogens (primary N) is 1. The van der Waals surface area contributed by atoms with Gasteiger partial charge in [0.15, 0.2) is 0 Å².